The van der Waals surface area contributed by atoms with Gasteiger partial charge in [-0.3, -0.25) is 0 Å². The predicted octanol–water partition coefficient (Wildman–Crippen LogP) is 4.72. The van der Waals surface area contributed by atoms with Crippen LogP contribution in [-0.4, -0.2) is 20.9 Å². The zero-order valence-electron chi connectivity index (χ0n) is 13.9. The van der Waals surface area contributed by atoms with Crippen molar-refractivity contribution in [3.8, 4) is 0 Å². The molecule has 0 spiro atoms. The number of fused-ring (bicyclic) bond motifs is 6. The van der Waals surface area contributed by atoms with Crippen molar-refractivity contribution in [2.45, 2.75) is 32.3 Å². The molecule has 0 N–H and O–H groups in total. The number of hydrogen-bond acceptors (Lipinski definition) is 2. The van der Waals surface area contributed by atoms with Crippen molar-refractivity contribution in [3.63, 3.8) is 0 Å². The molecule has 0 saturated heterocycles. The number of hydrogen-bond donors (Lipinski definition) is 1. The molecule has 0 fully saturated rings. The van der Waals surface area contributed by atoms with E-state index in [0.29, 0.717) is 3.92 Å². The lowest BCUT2D eigenvalue weighted by atomic mass is 9.71. The molecule has 1 aromatic rings. The van der Waals surface area contributed by atoms with Crippen molar-refractivity contribution in [3.05, 3.63) is 76.1 Å². The van der Waals surface area contributed by atoms with E-state index in [1.165, 1.54) is 33.4 Å². The predicted molar refractivity (Wildman–Crippen MR) is 121 cm³/mol. The fourth-order valence-corrected chi connectivity index (χ4v) is 5.93. The Morgan fingerprint density at radius 3 is 2.92 bits per heavy atom. The maximum absolute atomic E-state index is 6.54. The van der Waals surface area contributed by atoms with E-state index >= 15 is 0 Å². The van der Waals surface area contributed by atoms with E-state index in [0.717, 1.165) is 25.0 Å². The molecule has 3 aliphatic carbocycles. The summed E-state index contributed by atoms with van der Waals surface area (Å²) in [7, 11) is 2.13. The molecular weight excluding hydrogens is 506 g/mol. The molecule has 4 aliphatic rings. The van der Waals surface area contributed by atoms with E-state index in [1.807, 2.05) is 0 Å². The molecule has 25 heavy (non-hydrogen) atoms. The van der Waals surface area contributed by atoms with E-state index in [4.69, 9.17) is 17.4 Å². The van der Waals surface area contributed by atoms with Crippen LogP contribution in [0.3, 0.4) is 0 Å². The van der Waals surface area contributed by atoms with Crippen molar-refractivity contribution < 1.29 is 4.74 Å². The monoisotopic (exact) mass is 522 g/mol. The molecule has 126 valence electrons. The van der Waals surface area contributed by atoms with E-state index in [2.05, 4.69) is 88.9 Å². The first-order valence-electron chi connectivity index (χ1n) is 8.59. The summed E-state index contributed by atoms with van der Waals surface area (Å²) in [5.74, 6) is 1.05. The molecule has 0 radical (unpaired) electrons. The Morgan fingerprint density at radius 2 is 2.08 bits per heavy atom. The first-order chi connectivity index (χ1) is 11.9. The Labute approximate surface area is 176 Å². The summed E-state index contributed by atoms with van der Waals surface area (Å²) in [4.78, 5) is 0. The lowest BCUT2D eigenvalue weighted by molar-refractivity contribution is 0.146. The van der Waals surface area contributed by atoms with Gasteiger partial charge in [-0.25, -0.2) is 0 Å². The van der Waals surface area contributed by atoms with Crippen LogP contribution in [0.2, 0.25) is 0 Å². The zero-order chi connectivity index (χ0) is 17.4. The van der Waals surface area contributed by atoms with Gasteiger partial charge in [0.1, 0.15) is 10.2 Å². The van der Waals surface area contributed by atoms with Crippen molar-refractivity contribution in [2.75, 3.05) is 0 Å². The van der Waals surface area contributed by atoms with Crippen LogP contribution in [0.4, 0.5) is 0 Å². The normalized spacial score (nSPS) is 35.5. The molecular formula is C20H17BBrIOS. The molecule has 3 atom stereocenters. The maximum Gasteiger partial charge on any atom is 0.174 e. The van der Waals surface area contributed by atoms with Gasteiger partial charge in [0, 0.05) is 5.57 Å². The summed E-state index contributed by atoms with van der Waals surface area (Å²) >= 11 is 11.6. The maximum atomic E-state index is 6.54. The van der Waals surface area contributed by atoms with Crippen LogP contribution in [0.1, 0.15) is 24.0 Å². The second-order valence-corrected chi connectivity index (χ2v) is 11.2. The number of halogens is 2. The fourth-order valence-electron chi connectivity index (χ4n) is 4.50. The molecule has 0 aromatic heterocycles. The number of rotatable bonds is 0. The molecule has 1 heterocycles. The summed E-state index contributed by atoms with van der Waals surface area (Å²) < 4.78 is 6.28. The number of ether oxygens (including phenoxy) is 1. The van der Waals surface area contributed by atoms with Crippen LogP contribution in [0.25, 0.3) is 5.57 Å². The third-order valence-electron chi connectivity index (χ3n) is 5.75. The Morgan fingerprint density at radius 1 is 1.28 bits per heavy atom. The van der Waals surface area contributed by atoms with Gasteiger partial charge in [-0.2, -0.15) is 12.6 Å². The van der Waals surface area contributed by atoms with Gasteiger partial charge in [-0.15, -0.1) is 0 Å². The molecule has 5 rings (SSSR count). The highest BCUT2D eigenvalue weighted by molar-refractivity contribution is 14.1. The van der Waals surface area contributed by atoms with E-state index in [-0.39, 0.29) is 9.16 Å². The number of benzene rings is 1. The van der Waals surface area contributed by atoms with Crippen molar-refractivity contribution in [1.29, 1.82) is 0 Å². The first-order valence-corrected chi connectivity index (χ1v) is 11.1. The minimum Gasteiger partial charge on any atom is -0.484 e. The molecule has 1 aromatic carbocycles. The Bertz CT molecular complexity index is 929. The number of allylic oxidation sites excluding steroid dienone is 6. The molecule has 0 bridgehead atoms. The minimum absolute atomic E-state index is 0.295. The SMILES string of the molecule is BC1(Br)OC2=C(CC1I)C1=C(c3ccccc3C1)C1(S)CC=CC=C21. The van der Waals surface area contributed by atoms with Gasteiger partial charge in [0.05, 0.1) is 8.67 Å². The summed E-state index contributed by atoms with van der Waals surface area (Å²) in [6.45, 7) is 0. The van der Waals surface area contributed by atoms with Crippen molar-refractivity contribution in [2.24, 2.45) is 0 Å². The quantitative estimate of drug-likeness (QED) is 0.224. The van der Waals surface area contributed by atoms with E-state index < -0.39 is 0 Å². The first kappa shape index (κ1) is 16.8. The van der Waals surface area contributed by atoms with Gasteiger partial charge in [-0.05, 0) is 47.1 Å². The molecule has 0 saturated carbocycles. The Balaban J connectivity index is 1.79. The zero-order valence-corrected chi connectivity index (χ0v) is 18.5. The molecule has 1 nitrogen and oxygen atoms in total. The average molecular weight is 523 g/mol. The second-order valence-electron chi connectivity index (χ2n) is 7.33. The average Bonchev–Trinajstić information content (AvgIpc) is 2.97. The molecule has 0 amide bonds. The van der Waals surface area contributed by atoms with Gasteiger partial charge in [0.2, 0.25) is 0 Å². The summed E-state index contributed by atoms with van der Waals surface area (Å²) in [5.41, 5.74) is 8.25. The standard InChI is InChI=1S/C20H17BBrIOS/c21-20(22)16(23)10-14-13-9-11-5-1-2-6-12(11)17(13)19(25)8-4-3-7-15(19)18(14)24-20/h1-7,16,25H,8-10,21H2. The Kier molecular flexibility index (Phi) is 3.72. The van der Waals surface area contributed by atoms with E-state index in [1.54, 1.807) is 0 Å². The molecule has 5 heteroatoms. The van der Waals surface area contributed by atoms with Crippen molar-refractivity contribution >= 4 is 64.6 Å². The molecule has 3 unspecified atom stereocenters. The third-order valence-corrected chi connectivity index (χ3v) is 9.60. The van der Waals surface area contributed by atoms with Crippen LogP contribution in [0.15, 0.2) is 65.0 Å². The topological polar surface area (TPSA) is 9.23 Å². The van der Waals surface area contributed by atoms with Gasteiger partial charge in [-0.1, -0.05) is 81.0 Å². The largest absolute Gasteiger partial charge is 0.484 e. The lowest BCUT2D eigenvalue weighted by Gasteiger charge is -2.46. The minimum atomic E-state index is -0.341. The van der Waals surface area contributed by atoms with Gasteiger partial charge in [0.15, 0.2) is 7.85 Å². The van der Waals surface area contributed by atoms with E-state index in [9.17, 15) is 0 Å². The van der Waals surface area contributed by atoms with Crippen LogP contribution in [0.5, 0.6) is 0 Å². The number of thiol groups is 1. The van der Waals surface area contributed by atoms with Crippen LogP contribution < -0.4 is 0 Å². The third kappa shape index (κ3) is 2.27. The highest BCUT2D eigenvalue weighted by Gasteiger charge is 2.51. The summed E-state index contributed by atoms with van der Waals surface area (Å²) in [6.07, 6.45) is 9.50. The fraction of sp³-hybridized carbons (Fsp3) is 0.300. The van der Waals surface area contributed by atoms with Crippen LogP contribution in [-0.2, 0) is 11.2 Å². The lowest BCUT2D eigenvalue weighted by Crippen LogP contribution is -2.44. The van der Waals surface area contributed by atoms with Gasteiger partial charge < -0.3 is 4.74 Å². The Hall–Kier alpha value is -0.395. The van der Waals surface area contributed by atoms with Crippen molar-refractivity contribution in [1.82, 2.24) is 0 Å². The van der Waals surface area contributed by atoms with Gasteiger partial charge in [0.25, 0.3) is 0 Å². The summed E-state index contributed by atoms with van der Waals surface area (Å²) in [5, 5.41) is 0. The highest BCUT2D eigenvalue weighted by Crippen LogP contribution is 2.60. The second kappa shape index (κ2) is 5.55. The number of alkyl halides is 2. The smallest absolute Gasteiger partial charge is 0.174 e. The van der Waals surface area contributed by atoms with Crippen LogP contribution >= 0.6 is 51.1 Å². The highest BCUT2D eigenvalue weighted by atomic mass is 127. The van der Waals surface area contributed by atoms with Gasteiger partial charge >= 0.3 is 0 Å². The molecule has 1 aliphatic heterocycles. The van der Waals surface area contributed by atoms with Crippen LogP contribution in [0, 0.1) is 0 Å². The summed E-state index contributed by atoms with van der Waals surface area (Å²) in [6, 6.07) is 8.80.